The third kappa shape index (κ3) is 4.49. The van der Waals surface area contributed by atoms with Gasteiger partial charge in [0.2, 0.25) is 5.91 Å². The van der Waals surface area contributed by atoms with Crippen LogP contribution < -0.4 is 14.8 Å². The van der Waals surface area contributed by atoms with Crippen molar-refractivity contribution in [2.24, 2.45) is 4.99 Å². The van der Waals surface area contributed by atoms with E-state index in [0.29, 0.717) is 17.9 Å². The van der Waals surface area contributed by atoms with Crippen molar-refractivity contribution in [3.8, 4) is 11.5 Å². The highest BCUT2D eigenvalue weighted by Crippen LogP contribution is 2.42. The number of hydrogen-bond donors (Lipinski definition) is 1. The van der Waals surface area contributed by atoms with Crippen molar-refractivity contribution in [1.82, 2.24) is 4.90 Å². The number of ether oxygens (including phenoxy) is 2. The molecule has 0 saturated carbocycles. The summed E-state index contributed by atoms with van der Waals surface area (Å²) in [7, 11) is 3.18. The van der Waals surface area contributed by atoms with Crippen molar-refractivity contribution < 1.29 is 14.3 Å². The minimum absolute atomic E-state index is 0.0703. The van der Waals surface area contributed by atoms with Crippen LogP contribution in [0.3, 0.4) is 0 Å². The van der Waals surface area contributed by atoms with E-state index in [0.717, 1.165) is 42.3 Å². The molecule has 2 aromatic carbocycles. The Labute approximate surface area is 178 Å². The van der Waals surface area contributed by atoms with Crippen molar-refractivity contribution >= 4 is 23.0 Å². The molecule has 6 nitrogen and oxygen atoms in total. The van der Waals surface area contributed by atoms with Crippen molar-refractivity contribution in [3.63, 3.8) is 0 Å². The van der Waals surface area contributed by atoms with Crippen molar-refractivity contribution in [2.45, 2.75) is 39.7 Å². The number of rotatable bonds is 9. The van der Waals surface area contributed by atoms with Crippen LogP contribution in [0.4, 0.5) is 11.4 Å². The fourth-order valence-electron chi connectivity index (χ4n) is 3.81. The first kappa shape index (κ1) is 21.8. The van der Waals surface area contributed by atoms with Gasteiger partial charge in [-0.2, -0.15) is 0 Å². The molecule has 0 aromatic heterocycles. The topological polar surface area (TPSA) is 63.2 Å². The quantitative estimate of drug-likeness (QED) is 0.606. The standard InChI is InChI=1S/C24H31N3O3/c1-6-19(25-17-11-9-16(10-12-17)15-27(7-2)8-3)23-18-13-21(29-4)22(30-5)14-20(18)26-24(23)28/h9-14,23H,6-8,15H2,1-5H3,(H,26,28). The van der Waals surface area contributed by atoms with E-state index in [9.17, 15) is 4.79 Å². The Bertz CT molecular complexity index is 918. The number of hydrogen-bond acceptors (Lipinski definition) is 5. The molecule has 1 aliphatic heterocycles. The number of aliphatic imine (C=N–C) groups is 1. The van der Waals surface area contributed by atoms with Crippen LogP contribution in [0.2, 0.25) is 0 Å². The van der Waals surface area contributed by atoms with Crippen LogP contribution in [-0.4, -0.2) is 43.8 Å². The van der Waals surface area contributed by atoms with Crippen molar-refractivity contribution in [3.05, 3.63) is 47.5 Å². The van der Waals surface area contributed by atoms with Crippen LogP contribution in [-0.2, 0) is 11.3 Å². The van der Waals surface area contributed by atoms with E-state index in [1.165, 1.54) is 5.56 Å². The molecule has 1 heterocycles. The number of nitrogens with zero attached hydrogens (tertiary/aromatic N) is 2. The Balaban J connectivity index is 1.89. The molecule has 3 rings (SSSR count). The molecule has 2 aromatic rings. The Kier molecular flexibility index (Phi) is 7.11. The molecule has 6 heteroatoms. The third-order valence-electron chi connectivity index (χ3n) is 5.59. The smallest absolute Gasteiger partial charge is 0.237 e. The minimum atomic E-state index is -0.430. The lowest BCUT2D eigenvalue weighted by Crippen LogP contribution is -2.22. The van der Waals surface area contributed by atoms with E-state index in [2.05, 4.69) is 36.2 Å². The van der Waals surface area contributed by atoms with E-state index in [-0.39, 0.29) is 5.91 Å². The molecule has 1 amide bonds. The highest BCUT2D eigenvalue weighted by atomic mass is 16.5. The van der Waals surface area contributed by atoms with Crippen LogP contribution >= 0.6 is 0 Å². The predicted molar refractivity (Wildman–Crippen MR) is 121 cm³/mol. The molecule has 1 aliphatic rings. The van der Waals surface area contributed by atoms with Crippen LogP contribution in [0, 0.1) is 0 Å². The first-order chi connectivity index (χ1) is 14.5. The summed E-state index contributed by atoms with van der Waals surface area (Å²) < 4.78 is 10.8. The molecule has 1 atom stereocenters. The van der Waals surface area contributed by atoms with Gasteiger partial charge in [0.1, 0.15) is 5.92 Å². The molecular weight excluding hydrogens is 378 g/mol. The number of anilines is 1. The molecule has 1 N–H and O–H groups in total. The zero-order valence-corrected chi connectivity index (χ0v) is 18.5. The number of nitrogens with one attached hydrogen (secondary N) is 1. The van der Waals surface area contributed by atoms with Gasteiger partial charge in [0.05, 0.1) is 19.9 Å². The largest absolute Gasteiger partial charge is 0.493 e. The number of benzene rings is 2. The molecule has 0 spiro atoms. The Morgan fingerprint density at radius 2 is 1.67 bits per heavy atom. The van der Waals surface area contributed by atoms with Gasteiger partial charge in [-0.3, -0.25) is 14.7 Å². The molecule has 1 unspecified atom stereocenters. The minimum Gasteiger partial charge on any atom is -0.493 e. The molecular formula is C24H31N3O3. The summed E-state index contributed by atoms with van der Waals surface area (Å²) in [5.41, 5.74) is 4.57. The molecule has 0 bridgehead atoms. The van der Waals surface area contributed by atoms with Gasteiger partial charge in [-0.05, 0) is 48.8 Å². The van der Waals surface area contributed by atoms with Gasteiger partial charge in [0.15, 0.2) is 11.5 Å². The van der Waals surface area contributed by atoms with Gasteiger partial charge in [0, 0.05) is 24.0 Å². The lowest BCUT2D eigenvalue weighted by Gasteiger charge is -2.18. The monoisotopic (exact) mass is 409 g/mol. The Morgan fingerprint density at radius 3 is 2.23 bits per heavy atom. The second kappa shape index (κ2) is 9.76. The first-order valence-electron chi connectivity index (χ1n) is 10.5. The fourth-order valence-corrected chi connectivity index (χ4v) is 3.81. The van der Waals surface area contributed by atoms with E-state index in [4.69, 9.17) is 14.5 Å². The average molecular weight is 410 g/mol. The van der Waals surface area contributed by atoms with Gasteiger partial charge >= 0.3 is 0 Å². The lowest BCUT2D eigenvalue weighted by atomic mass is 9.93. The SMILES string of the molecule is CCC(=Nc1ccc(CN(CC)CC)cc1)C1C(=O)Nc2cc(OC)c(OC)cc21. The average Bonchev–Trinajstić information content (AvgIpc) is 3.10. The number of fused-ring (bicyclic) bond motifs is 1. The number of carbonyl (C=O) groups is 1. The van der Waals surface area contributed by atoms with Crippen molar-refractivity contribution in [2.75, 3.05) is 32.6 Å². The second-order valence-electron chi connectivity index (χ2n) is 7.30. The maximum Gasteiger partial charge on any atom is 0.237 e. The van der Waals surface area contributed by atoms with Crippen molar-refractivity contribution in [1.29, 1.82) is 0 Å². The number of carbonyl (C=O) groups excluding carboxylic acids is 1. The molecule has 30 heavy (non-hydrogen) atoms. The lowest BCUT2D eigenvalue weighted by molar-refractivity contribution is -0.115. The highest BCUT2D eigenvalue weighted by Gasteiger charge is 2.35. The fraction of sp³-hybridized carbons (Fsp3) is 0.417. The van der Waals surface area contributed by atoms with Crippen LogP contribution in [0.1, 0.15) is 44.2 Å². The van der Waals surface area contributed by atoms with E-state index < -0.39 is 5.92 Å². The molecule has 160 valence electrons. The summed E-state index contributed by atoms with van der Waals surface area (Å²) in [5.74, 6) is 0.698. The maximum atomic E-state index is 12.8. The van der Waals surface area contributed by atoms with E-state index >= 15 is 0 Å². The van der Waals surface area contributed by atoms with E-state index in [1.54, 1.807) is 20.3 Å². The number of amides is 1. The summed E-state index contributed by atoms with van der Waals surface area (Å²) in [6.45, 7) is 9.36. The predicted octanol–water partition coefficient (Wildman–Crippen LogP) is 4.76. The zero-order chi connectivity index (χ0) is 21.7. The summed E-state index contributed by atoms with van der Waals surface area (Å²) in [5, 5.41) is 2.96. The van der Waals surface area contributed by atoms with Gasteiger partial charge in [0.25, 0.3) is 0 Å². The normalized spacial score (nSPS) is 15.9. The summed E-state index contributed by atoms with van der Waals surface area (Å²) in [4.78, 5) is 20.0. The number of methoxy groups -OCH3 is 2. The van der Waals surface area contributed by atoms with E-state index in [1.807, 2.05) is 25.1 Å². The Hall–Kier alpha value is -2.86. The maximum absolute atomic E-state index is 12.8. The van der Waals surface area contributed by atoms with Crippen LogP contribution in [0.5, 0.6) is 11.5 Å². The van der Waals surface area contributed by atoms with Crippen LogP contribution in [0.25, 0.3) is 0 Å². The van der Waals surface area contributed by atoms with Gasteiger partial charge < -0.3 is 14.8 Å². The highest BCUT2D eigenvalue weighted by molar-refractivity contribution is 6.19. The third-order valence-corrected chi connectivity index (χ3v) is 5.59. The molecule has 0 fully saturated rings. The van der Waals surface area contributed by atoms with Gasteiger partial charge in [-0.25, -0.2) is 0 Å². The Morgan fingerprint density at radius 1 is 1.03 bits per heavy atom. The van der Waals surface area contributed by atoms with Crippen LogP contribution in [0.15, 0.2) is 41.4 Å². The first-order valence-corrected chi connectivity index (χ1v) is 10.5. The summed E-state index contributed by atoms with van der Waals surface area (Å²) in [6, 6.07) is 12.0. The van der Waals surface area contributed by atoms with Gasteiger partial charge in [-0.1, -0.05) is 32.9 Å². The second-order valence-corrected chi connectivity index (χ2v) is 7.30. The zero-order valence-electron chi connectivity index (χ0n) is 18.5. The molecule has 0 radical (unpaired) electrons. The summed E-state index contributed by atoms with van der Waals surface area (Å²) in [6.07, 6.45) is 0.674. The summed E-state index contributed by atoms with van der Waals surface area (Å²) >= 11 is 0. The molecule has 0 saturated heterocycles. The molecule has 0 aliphatic carbocycles. The van der Waals surface area contributed by atoms with Gasteiger partial charge in [-0.15, -0.1) is 0 Å².